The highest BCUT2D eigenvalue weighted by Crippen LogP contribution is 2.21. The van der Waals surface area contributed by atoms with Crippen LogP contribution in [-0.2, 0) is 0 Å². The first-order valence-electron chi connectivity index (χ1n) is 6.64. The normalized spacial score (nSPS) is 24.4. The summed E-state index contributed by atoms with van der Waals surface area (Å²) >= 11 is 0. The van der Waals surface area contributed by atoms with Crippen molar-refractivity contribution in [1.29, 1.82) is 0 Å². The third-order valence-corrected chi connectivity index (χ3v) is 3.51. The molecule has 0 radical (unpaired) electrons. The van der Waals surface area contributed by atoms with Gasteiger partial charge in [0.1, 0.15) is 0 Å². The highest BCUT2D eigenvalue weighted by Gasteiger charge is 2.17. The minimum Gasteiger partial charge on any atom is -0.393 e. The molecule has 0 spiro atoms. The third kappa shape index (κ3) is 3.57. The summed E-state index contributed by atoms with van der Waals surface area (Å²) in [5.41, 5.74) is 2.35. The molecular weight excluding hydrogens is 224 g/mol. The van der Waals surface area contributed by atoms with Crippen molar-refractivity contribution in [2.24, 2.45) is 4.99 Å². The fraction of sp³-hybridized carbons (Fsp3) is 0.533. The Hall–Kier alpha value is -1.35. The van der Waals surface area contributed by atoms with Gasteiger partial charge in [-0.05, 0) is 43.4 Å². The zero-order valence-electron chi connectivity index (χ0n) is 11.2. The van der Waals surface area contributed by atoms with Crippen LogP contribution in [-0.4, -0.2) is 37.6 Å². The molecule has 1 aromatic carbocycles. The van der Waals surface area contributed by atoms with Gasteiger partial charge in [0, 0.05) is 26.0 Å². The molecule has 0 amide bonds. The van der Waals surface area contributed by atoms with Gasteiger partial charge >= 0.3 is 0 Å². The first-order valence-corrected chi connectivity index (χ1v) is 6.64. The summed E-state index contributed by atoms with van der Waals surface area (Å²) < 4.78 is 0. The zero-order valence-corrected chi connectivity index (χ0v) is 11.2. The Balaban J connectivity index is 1.92. The lowest BCUT2D eigenvalue weighted by atomic mass is 9.93. The van der Waals surface area contributed by atoms with Crippen molar-refractivity contribution in [1.82, 2.24) is 0 Å². The van der Waals surface area contributed by atoms with Crippen LogP contribution in [0.1, 0.15) is 31.2 Å². The Bertz CT molecular complexity index is 389. The van der Waals surface area contributed by atoms with Gasteiger partial charge in [0.05, 0.1) is 12.1 Å². The molecule has 0 aromatic heterocycles. The summed E-state index contributed by atoms with van der Waals surface area (Å²) in [4.78, 5) is 6.70. The lowest BCUT2D eigenvalue weighted by Gasteiger charge is -2.22. The number of aliphatic hydroxyl groups excluding tert-OH is 1. The van der Waals surface area contributed by atoms with E-state index >= 15 is 0 Å². The molecule has 0 atom stereocenters. The van der Waals surface area contributed by atoms with Gasteiger partial charge in [-0.1, -0.05) is 12.1 Å². The summed E-state index contributed by atoms with van der Waals surface area (Å²) in [7, 11) is 4.08. The average Bonchev–Trinajstić information content (AvgIpc) is 2.38. The standard InChI is InChI=1S/C15H22N2O/c1-17(2)14-7-3-12(4-8-14)11-16-13-5-9-15(18)10-6-13/h3-4,7-8,11,13,15,18H,5-6,9-10H2,1-2H3. The molecule has 2 rings (SSSR count). The van der Waals surface area contributed by atoms with E-state index in [1.807, 2.05) is 20.3 Å². The molecule has 1 N–H and O–H groups in total. The van der Waals surface area contributed by atoms with Crippen LogP contribution < -0.4 is 4.90 Å². The maximum absolute atomic E-state index is 9.44. The Morgan fingerprint density at radius 1 is 1.11 bits per heavy atom. The summed E-state index contributed by atoms with van der Waals surface area (Å²) in [6.07, 6.45) is 5.65. The van der Waals surface area contributed by atoms with Crippen LogP contribution in [0.2, 0.25) is 0 Å². The molecule has 1 aromatic rings. The van der Waals surface area contributed by atoms with Crippen LogP contribution >= 0.6 is 0 Å². The van der Waals surface area contributed by atoms with E-state index in [9.17, 15) is 5.11 Å². The van der Waals surface area contributed by atoms with Gasteiger partial charge in [-0.15, -0.1) is 0 Å². The smallest absolute Gasteiger partial charge is 0.0541 e. The second-order valence-corrected chi connectivity index (χ2v) is 5.23. The maximum Gasteiger partial charge on any atom is 0.0541 e. The Morgan fingerprint density at radius 2 is 1.72 bits per heavy atom. The largest absolute Gasteiger partial charge is 0.393 e. The average molecular weight is 246 g/mol. The van der Waals surface area contributed by atoms with Gasteiger partial charge < -0.3 is 10.0 Å². The molecule has 3 heteroatoms. The van der Waals surface area contributed by atoms with E-state index in [4.69, 9.17) is 0 Å². The number of nitrogens with zero attached hydrogens (tertiary/aromatic N) is 2. The molecule has 0 unspecified atom stereocenters. The molecule has 1 saturated carbocycles. The number of benzene rings is 1. The van der Waals surface area contributed by atoms with E-state index in [0.717, 1.165) is 31.2 Å². The van der Waals surface area contributed by atoms with Crippen LogP contribution in [0.4, 0.5) is 5.69 Å². The number of anilines is 1. The van der Waals surface area contributed by atoms with Crippen molar-refractivity contribution in [2.45, 2.75) is 37.8 Å². The molecule has 1 aliphatic carbocycles. The SMILES string of the molecule is CN(C)c1ccc(C=NC2CCC(O)CC2)cc1. The highest BCUT2D eigenvalue weighted by atomic mass is 16.3. The van der Waals surface area contributed by atoms with Crippen LogP contribution in [0.15, 0.2) is 29.3 Å². The predicted octanol–water partition coefficient (Wildman–Crippen LogP) is 2.48. The van der Waals surface area contributed by atoms with Gasteiger partial charge in [0.15, 0.2) is 0 Å². The quantitative estimate of drug-likeness (QED) is 0.832. The molecular formula is C15H22N2O. The van der Waals surface area contributed by atoms with Crippen molar-refractivity contribution in [3.05, 3.63) is 29.8 Å². The van der Waals surface area contributed by atoms with E-state index in [1.165, 1.54) is 5.69 Å². The molecule has 0 saturated heterocycles. The molecule has 0 heterocycles. The van der Waals surface area contributed by atoms with Crippen molar-refractivity contribution < 1.29 is 5.11 Å². The lowest BCUT2D eigenvalue weighted by molar-refractivity contribution is 0.123. The molecule has 3 nitrogen and oxygen atoms in total. The number of rotatable bonds is 3. The highest BCUT2D eigenvalue weighted by molar-refractivity contribution is 5.80. The van der Waals surface area contributed by atoms with E-state index in [-0.39, 0.29) is 6.10 Å². The fourth-order valence-electron chi connectivity index (χ4n) is 2.26. The van der Waals surface area contributed by atoms with E-state index in [0.29, 0.717) is 6.04 Å². The first-order chi connectivity index (χ1) is 8.65. The fourth-order valence-corrected chi connectivity index (χ4v) is 2.26. The van der Waals surface area contributed by atoms with E-state index < -0.39 is 0 Å². The van der Waals surface area contributed by atoms with Crippen molar-refractivity contribution in [2.75, 3.05) is 19.0 Å². The second-order valence-electron chi connectivity index (χ2n) is 5.23. The Labute approximate surface area is 109 Å². The van der Waals surface area contributed by atoms with Gasteiger partial charge in [-0.3, -0.25) is 4.99 Å². The van der Waals surface area contributed by atoms with Crippen LogP contribution in [0.25, 0.3) is 0 Å². The monoisotopic (exact) mass is 246 g/mol. The summed E-state index contributed by atoms with van der Waals surface area (Å²) in [6, 6.07) is 8.78. The number of aliphatic hydroxyl groups is 1. The molecule has 0 bridgehead atoms. The van der Waals surface area contributed by atoms with Gasteiger partial charge in [0.2, 0.25) is 0 Å². The maximum atomic E-state index is 9.44. The molecule has 1 aliphatic rings. The molecule has 0 aliphatic heterocycles. The van der Waals surface area contributed by atoms with Gasteiger partial charge in [0.25, 0.3) is 0 Å². The minimum absolute atomic E-state index is 0.101. The van der Waals surface area contributed by atoms with Crippen LogP contribution in [0.3, 0.4) is 0 Å². The van der Waals surface area contributed by atoms with Crippen LogP contribution in [0, 0.1) is 0 Å². The van der Waals surface area contributed by atoms with Gasteiger partial charge in [-0.2, -0.15) is 0 Å². The van der Waals surface area contributed by atoms with Crippen molar-refractivity contribution in [3.8, 4) is 0 Å². The number of hydrogen-bond donors (Lipinski definition) is 1. The van der Waals surface area contributed by atoms with Crippen molar-refractivity contribution >= 4 is 11.9 Å². The molecule has 1 fully saturated rings. The summed E-state index contributed by atoms with van der Waals surface area (Å²) in [5.74, 6) is 0. The second kappa shape index (κ2) is 6.01. The molecule has 18 heavy (non-hydrogen) atoms. The summed E-state index contributed by atoms with van der Waals surface area (Å²) in [5, 5.41) is 9.44. The van der Waals surface area contributed by atoms with Crippen LogP contribution in [0.5, 0.6) is 0 Å². The van der Waals surface area contributed by atoms with E-state index in [1.54, 1.807) is 0 Å². The Kier molecular flexibility index (Phi) is 4.37. The molecule has 98 valence electrons. The van der Waals surface area contributed by atoms with E-state index in [2.05, 4.69) is 34.2 Å². The summed E-state index contributed by atoms with van der Waals surface area (Å²) in [6.45, 7) is 0. The zero-order chi connectivity index (χ0) is 13.0. The lowest BCUT2D eigenvalue weighted by Crippen LogP contribution is -2.20. The number of hydrogen-bond acceptors (Lipinski definition) is 3. The first kappa shape index (κ1) is 13.1. The Morgan fingerprint density at radius 3 is 2.28 bits per heavy atom. The minimum atomic E-state index is -0.101. The number of aliphatic imine (C=N–C) groups is 1. The predicted molar refractivity (Wildman–Crippen MR) is 76.6 cm³/mol. The topological polar surface area (TPSA) is 35.8 Å². The van der Waals surface area contributed by atoms with Gasteiger partial charge in [-0.25, -0.2) is 0 Å². The third-order valence-electron chi connectivity index (χ3n) is 3.51. The van der Waals surface area contributed by atoms with Crippen molar-refractivity contribution in [3.63, 3.8) is 0 Å².